The smallest absolute Gasteiger partial charge is 0.0469 e. The summed E-state index contributed by atoms with van der Waals surface area (Å²) < 4.78 is 5.51. The summed E-state index contributed by atoms with van der Waals surface area (Å²) in [6.45, 7) is 16.7. The maximum Gasteiger partial charge on any atom is 0.0469 e. The molecule has 0 amide bonds. The normalized spacial score (nSPS) is 20.3. The molecule has 18 heavy (non-hydrogen) atoms. The number of likely N-dealkylation sites (N-methyl/N-ethyl adjacent to an activating group) is 2. The average molecular weight is 256 g/mol. The first kappa shape index (κ1) is 15.9. The van der Waals surface area contributed by atoms with E-state index in [1.54, 1.807) is 0 Å². The van der Waals surface area contributed by atoms with Crippen LogP contribution in [0.5, 0.6) is 0 Å². The summed E-state index contributed by atoms with van der Waals surface area (Å²) in [7, 11) is 0. The molecule has 1 atom stereocenters. The van der Waals surface area contributed by atoms with Crippen molar-refractivity contribution in [3.63, 3.8) is 0 Å². The van der Waals surface area contributed by atoms with Crippen LogP contribution < -0.4 is 5.32 Å². The molecule has 1 saturated heterocycles. The summed E-state index contributed by atoms with van der Waals surface area (Å²) in [6, 6.07) is 0.561. The van der Waals surface area contributed by atoms with E-state index in [2.05, 4.69) is 44.8 Å². The van der Waals surface area contributed by atoms with Crippen molar-refractivity contribution in [2.75, 3.05) is 32.8 Å². The van der Waals surface area contributed by atoms with Crippen LogP contribution in [-0.2, 0) is 4.74 Å². The summed E-state index contributed by atoms with van der Waals surface area (Å²) in [4.78, 5) is 2.58. The van der Waals surface area contributed by atoms with E-state index in [1.807, 2.05) is 0 Å². The number of rotatable bonds is 7. The second-order valence-electron chi connectivity index (χ2n) is 5.81. The van der Waals surface area contributed by atoms with E-state index < -0.39 is 0 Å². The van der Waals surface area contributed by atoms with Gasteiger partial charge in [0.15, 0.2) is 0 Å². The van der Waals surface area contributed by atoms with Crippen LogP contribution in [0.4, 0.5) is 0 Å². The molecule has 0 aromatic rings. The Morgan fingerprint density at radius 3 is 2.17 bits per heavy atom. The van der Waals surface area contributed by atoms with Crippen LogP contribution in [0.15, 0.2) is 0 Å². The van der Waals surface area contributed by atoms with E-state index in [0.29, 0.717) is 6.04 Å². The SMILES string of the molecule is CCNC(C1CCOCC1)C(C)(C)N(CC)CC. The standard InChI is InChI=1S/C15H32N2O/c1-6-16-14(13-9-11-18-12-10-13)15(4,5)17(7-2)8-3/h13-14,16H,6-12H2,1-5H3. The molecule has 0 spiro atoms. The summed E-state index contributed by atoms with van der Waals surface area (Å²) >= 11 is 0. The molecule has 0 bridgehead atoms. The van der Waals surface area contributed by atoms with Crippen molar-refractivity contribution in [1.29, 1.82) is 0 Å². The lowest BCUT2D eigenvalue weighted by atomic mass is 9.79. The van der Waals surface area contributed by atoms with E-state index in [9.17, 15) is 0 Å². The molecule has 1 rings (SSSR count). The predicted octanol–water partition coefficient (Wildman–Crippen LogP) is 2.51. The van der Waals surface area contributed by atoms with Gasteiger partial charge in [-0.05, 0) is 52.2 Å². The molecule has 3 heteroatoms. The van der Waals surface area contributed by atoms with Crippen LogP contribution in [0.1, 0.15) is 47.5 Å². The van der Waals surface area contributed by atoms with Gasteiger partial charge in [-0.15, -0.1) is 0 Å². The van der Waals surface area contributed by atoms with Crippen LogP contribution in [-0.4, -0.2) is 49.3 Å². The van der Waals surface area contributed by atoms with Gasteiger partial charge in [-0.2, -0.15) is 0 Å². The molecular formula is C15H32N2O. The second kappa shape index (κ2) is 7.46. The highest BCUT2D eigenvalue weighted by atomic mass is 16.5. The van der Waals surface area contributed by atoms with E-state index >= 15 is 0 Å². The maximum atomic E-state index is 5.51. The number of hydrogen-bond donors (Lipinski definition) is 1. The van der Waals surface area contributed by atoms with Gasteiger partial charge < -0.3 is 10.1 Å². The zero-order chi connectivity index (χ0) is 13.6. The quantitative estimate of drug-likeness (QED) is 0.757. The zero-order valence-corrected chi connectivity index (χ0v) is 13.0. The Bertz CT molecular complexity index is 221. The number of nitrogens with one attached hydrogen (secondary N) is 1. The largest absolute Gasteiger partial charge is 0.381 e. The minimum Gasteiger partial charge on any atom is -0.381 e. The predicted molar refractivity (Wildman–Crippen MR) is 78.0 cm³/mol. The van der Waals surface area contributed by atoms with Crippen molar-refractivity contribution >= 4 is 0 Å². The van der Waals surface area contributed by atoms with Gasteiger partial charge in [0.05, 0.1) is 0 Å². The van der Waals surface area contributed by atoms with Crippen molar-refractivity contribution in [2.45, 2.75) is 59.0 Å². The topological polar surface area (TPSA) is 24.5 Å². The van der Waals surface area contributed by atoms with Crippen LogP contribution in [0.3, 0.4) is 0 Å². The first-order valence-electron chi connectivity index (χ1n) is 7.64. The third-order valence-corrected chi connectivity index (χ3v) is 4.50. The van der Waals surface area contributed by atoms with Crippen LogP contribution in [0.25, 0.3) is 0 Å². The number of ether oxygens (including phenoxy) is 1. The molecular weight excluding hydrogens is 224 g/mol. The Labute approximate surface area is 113 Å². The Morgan fingerprint density at radius 1 is 1.17 bits per heavy atom. The van der Waals surface area contributed by atoms with E-state index in [1.165, 1.54) is 12.8 Å². The maximum absolute atomic E-state index is 5.51. The van der Waals surface area contributed by atoms with Crippen LogP contribution >= 0.6 is 0 Å². The minimum absolute atomic E-state index is 0.210. The first-order chi connectivity index (χ1) is 8.57. The van der Waals surface area contributed by atoms with Crippen molar-refractivity contribution in [1.82, 2.24) is 10.2 Å². The highest BCUT2D eigenvalue weighted by Crippen LogP contribution is 2.29. The van der Waals surface area contributed by atoms with Crippen LogP contribution in [0, 0.1) is 5.92 Å². The van der Waals surface area contributed by atoms with E-state index in [-0.39, 0.29) is 5.54 Å². The third kappa shape index (κ3) is 3.69. The van der Waals surface area contributed by atoms with Gasteiger partial charge in [0.2, 0.25) is 0 Å². The second-order valence-corrected chi connectivity index (χ2v) is 5.81. The van der Waals surface area contributed by atoms with E-state index in [4.69, 9.17) is 4.74 Å². The Morgan fingerprint density at radius 2 is 1.72 bits per heavy atom. The monoisotopic (exact) mass is 256 g/mol. The van der Waals surface area contributed by atoms with Gasteiger partial charge in [-0.3, -0.25) is 4.90 Å². The molecule has 0 aromatic carbocycles. The molecule has 1 N–H and O–H groups in total. The summed E-state index contributed by atoms with van der Waals surface area (Å²) in [5.74, 6) is 0.745. The summed E-state index contributed by atoms with van der Waals surface area (Å²) in [5.41, 5.74) is 0.210. The Kier molecular flexibility index (Phi) is 6.61. The first-order valence-corrected chi connectivity index (χ1v) is 7.64. The third-order valence-electron chi connectivity index (χ3n) is 4.50. The number of hydrogen-bond acceptors (Lipinski definition) is 3. The van der Waals surface area contributed by atoms with Gasteiger partial charge in [0.1, 0.15) is 0 Å². The fourth-order valence-electron chi connectivity index (χ4n) is 3.50. The Hall–Kier alpha value is -0.120. The molecule has 0 saturated carbocycles. The lowest BCUT2D eigenvalue weighted by molar-refractivity contribution is 0.00910. The highest BCUT2D eigenvalue weighted by molar-refractivity contribution is 4.97. The molecule has 1 unspecified atom stereocenters. The molecule has 0 aromatic heterocycles. The molecule has 0 aliphatic carbocycles. The molecule has 1 aliphatic heterocycles. The van der Waals surface area contributed by atoms with E-state index in [0.717, 1.165) is 38.8 Å². The van der Waals surface area contributed by atoms with Gasteiger partial charge in [0.25, 0.3) is 0 Å². The average Bonchev–Trinajstić information content (AvgIpc) is 2.38. The summed E-state index contributed by atoms with van der Waals surface area (Å²) in [6.07, 6.45) is 2.39. The van der Waals surface area contributed by atoms with Crippen molar-refractivity contribution in [2.24, 2.45) is 5.92 Å². The van der Waals surface area contributed by atoms with Crippen molar-refractivity contribution < 1.29 is 4.74 Å². The molecule has 1 heterocycles. The van der Waals surface area contributed by atoms with Gasteiger partial charge in [0, 0.05) is 24.8 Å². The fourth-order valence-corrected chi connectivity index (χ4v) is 3.50. The molecule has 0 radical (unpaired) electrons. The van der Waals surface area contributed by atoms with Gasteiger partial charge >= 0.3 is 0 Å². The Balaban J connectivity index is 2.80. The highest BCUT2D eigenvalue weighted by Gasteiger charge is 2.38. The zero-order valence-electron chi connectivity index (χ0n) is 13.0. The molecule has 108 valence electrons. The summed E-state index contributed by atoms with van der Waals surface area (Å²) in [5, 5.41) is 3.74. The molecule has 1 aliphatic rings. The van der Waals surface area contributed by atoms with Gasteiger partial charge in [-0.25, -0.2) is 0 Å². The van der Waals surface area contributed by atoms with Crippen molar-refractivity contribution in [3.8, 4) is 0 Å². The van der Waals surface area contributed by atoms with Gasteiger partial charge in [-0.1, -0.05) is 20.8 Å². The molecule has 1 fully saturated rings. The lowest BCUT2D eigenvalue weighted by Crippen LogP contribution is -2.61. The minimum atomic E-state index is 0.210. The van der Waals surface area contributed by atoms with Crippen molar-refractivity contribution in [3.05, 3.63) is 0 Å². The molecule has 3 nitrogen and oxygen atoms in total. The fraction of sp³-hybridized carbons (Fsp3) is 1.00. The lowest BCUT2D eigenvalue weighted by Gasteiger charge is -2.47. The van der Waals surface area contributed by atoms with Crippen LogP contribution in [0.2, 0.25) is 0 Å². The number of nitrogens with zero attached hydrogens (tertiary/aromatic N) is 1.